The second kappa shape index (κ2) is 12.4. The van der Waals surface area contributed by atoms with Gasteiger partial charge in [-0.2, -0.15) is 0 Å². The Bertz CT molecular complexity index is 1940. The fourth-order valence-corrected chi connectivity index (χ4v) is 6.82. The zero-order valence-electron chi connectivity index (χ0n) is 24.0. The number of nitrogens with one attached hydrogen (secondary N) is 4. The van der Waals surface area contributed by atoms with E-state index < -0.39 is 0 Å². The van der Waals surface area contributed by atoms with E-state index in [0.29, 0.717) is 22.5 Å². The number of rotatable bonds is 5. The van der Waals surface area contributed by atoms with Gasteiger partial charge in [-0.15, -0.1) is 12.4 Å². The third-order valence-corrected chi connectivity index (χ3v) is 8.86. The molecule has 0 amide bonds. The molecule has 5 nitrogen and oxygen atoms in total. The molecule has 0 unspecified atom stereocenters. The number of amidine groups is 3. The van der Waals surface area contributed by atoms with E-state index in [0.717, 1.165) is 61.3 Å². The van der Waals surface area contributed by atoms with Crippen LogP contribution in [0.3, 0.4) is 0 Å². The summed E-state index contributed by atoms with van der Waals surface area (Å²) in [6.07, 6.45) is 0. The van der Waals surface area contributed by atoms with E-state index in [-0.39, 0.29) is 18.2 Å². The summed E-state index contributed by atoms with van der Waals surface area (Å²) >= 11 is 1.45. The Balaban J connectivity index is 0.00000343. The van der Waals surface area contributed by atoms with Crippen molar-refractivity contribution in [1.29, 1.82) is 10.8 Å². The van der Waals surface area contributed by atoms with Gasteiger partial charge in [-0.3, -0.25) is 10.8 Å². The lowest BCUT2D eigenvalue weighted by Gasteiger charge is -2.23. The number of nitrogens with zero attached hydrogens (tertiary/aromatic N) is 1. The summed E-state index contributed by atoms with van der Waals surface area (Å²) in [6.45, 7) is 2.76. The maximum absolute atomic E-state index is 9.28. The van der Waals surface area contributed by atoms with E-state index in [2.05, 4.69) is 95.3 Å². The van der Waals surface area contributed by atoms with E-state index in [1.54, 1.807) is 0 Å². The minimum absolute atomic E-state index is 0. The first-order valence-corrected chi connectivity index (χ1v) is 15.0. The molecule has 7 heteroatoms. The maximum Gasteiger partial charge on any atom is 0.168 e. The first-order chi connectivity index (χ1) is 21.1. The molecule has 0 aromatic heterocycles. The number of fused-ring (bicyclic) bond motifs is 1. The Morgan fingerprint density at radius 3 is 1.66 bits per heavy atom. The van der Waals surface area contributed by atoms with Gasteiger partial charge >= 0.3 is 0 Å². The fraction of sp³-hybridized carbons (Fsp3) is 0.0541. The van der Waals surface area contributed by atoms with Crippen molar-refractivity contribution in [2.24, 2.45) is 4.99 Å². The van der Waals surface area contributed by atoms with Crippen LogP contribution < -0.4 is 10.6 Å². The van der Waals surface area contributed by atoms with Crippen molar-refractivity contribution in [3.05, 3.63) is 148 Å². The molecule has 0 aliphatic carbocycles. The Morgan fingerprint density at radius 1 is 0.636 bits per heavy atom. The van der Waals surface area contributed by atoms with Crippen LogP contribution in [-0.2, 0) is 6.54 Å². The molecule has 2 heterocycles. The first-order valence-electron chi connectivity index (χ1n) is 14.2. The molecule has 7 rings (SSSR count). The Kier molecular flexibility index (Phi) is 8.20. The number of hydrogen-bond acceptors (Lipinski definition) is 4. The third-order valence-electron chi connectivity index (χ3n) is 7.83. The lowest BCUT2D eigenvalue weighted by molar-refractivity contribution is 0.930. The smallest absolute Gasteiger partial charge is 0.168 e. The maximum atomic E-state index is 9.28. The van der Waals surface area contributed by atoms with Crippen LogP contribution in [0.25, 0.3) is 39.1 Å². The number of aliphatic imine (C=N–C) groups is 1. The monoisotopic (exact) mass is 611 g/mol. The molecular weight excluding hydrogens is 582 g/mol. The highest BCUT2D eigenvalue weighted by Crippen LogP contribution is 2.50. The van der Waals surface area contributed by atoms with Crippen molar-refractivity contribution in [2.75, 3.05) is 0 Å². The van der Waals surface area contributed by atoms with Gasteiger partial charge in [-0.1, -0.05) is 121 Å². The average Bonchev–Trinajstić information content (AvgIpc) is 3.60. The molecule has 2 aliphatic heterocycles. The van der Waals surface area contributed by atoms with Gasteiger partial charge in [-0.25, -0.2) is 4.99 Å². The van der Waals surface area contributed by atoms with Crippen LogP contribution >= 0.6 is 24.2 Å². The molecule has 44 heavy (non-hydrogen) atoms. The SMILES string of the molecule is Cc1c2c(c(-c3ccccc3)c(-c3ccccc3)c1-c1ccccc1)C(=N)NC2=C1SC(NCc2ccccc2)=NC1=N.Cl. The van der Waals surface area contributed by atoms with E-state index in [4.69, 9.17) is 5.41 Å². The minimum atomic E-state index is 0. The highest BCUT2D eigenvalue weighted by molar-refractivity contribution is 8.18. The molecule has 0 spiro atoms. The molecule has 0 saturated carbocycles. The number of hydrogen-bond donors (Lipinski definition) is 4. The molecule has 0 radical (unpaired) electrons. The van der Waals surface area contributed by atoms with Gasteiger partial charge < -0.3 is 10.6 Å². The van der Waals surface area contributed by atoms with Crippen LogP contribution in [0.1, 0.15) is 22.3 Å². The van der Waals surface area contributed by atoms with Gasteiger partial charge in [-0.05, 0) is 57.6 Å². The quantitative estimate of drug-likeness (QED) is 0.160. The Labute approximate surface area is 267 Å². The number of benzene rings is 5. The predicted octanol–water partition coefficient (Wildman–Crippen LogP) is 8.88. The molecule has 216 valence electrons. The first kappa shape index (κ1) is 29.2. The van der Waals surface area contributed by atoms with Crippen molar-refractivity contribution in [3.8, 4) is 33.4 Å². The standard InChI is InChI=1S/C37H29N5S.ClH/c1-23-28(25-16-8-3-9-17-25)30(26-18-10-4-11-19-26)31(27-20-12-5-13-21-27)32-29(23)33(41-35(32)38)34-36(39)42-37(43-34)40-22-24-14-6-2-7-15-24;/h2-21H,22H2,1H3,(H2,38,41)(H2,39,40,42);1H. The zero-order valence-corrected chi connectivity index (χ0v) is 25.7. The molecule has 5 aromatic rings. The predicted molar refractivity (Wildman–Crippen MR) is 188 cm³/mol. The highest BCUT2D eigenvalue weighted by atomic mass is 35.5. The van der Waals surface area contributed by atoms with E-state index in [9.17, 15) is 5.41 Å². The summed E-state index contributed by atoms with van der Waals surface area (Å²) in [5, 5.41) is 25.6. The summed E-state index contributed by atoms with van der Waals surface area (Å²) in [5.74, 6) is 0.521. The van der Waals surface area contributed by atoms with Gasteiger partial charge in [0.15, 0.2) is 11.0 Å². The van der Waals surface area contributed by atoms with Gasteiger partial charge in [0.25, 0.3) is 0 Å². The van der Waals surface area contributed by atoms with Crippen LogP contribution in [0.15, 0.2) is 131 Å². The molecular formula is C37H30ClN5S. The van der Waals surface area contributed by atoms with Gasteiger partial charge in [0.05, 0.1) is 10.6 Å². The minimum Gasteiger partial charge on any atom is -0.360 e. The molecule has 0 atom stereocenters. The lowest BCUT2D eigenvalue weighted by atomic mass is 9.79. The van der Waals surface area contributed by atoms with Crippen molar-refractivity contribution < 1.29 is 0 Å². The normalized spacial score (nSPS) is 15.3. The topological polar surface area (TPSA) is 84.1 Å². The van der Waals surface area contributed by atoms with Crippen molar-refractivity contribution in [3.63, 3.8) is 0 Å². The van der Waals surface area contributed by atoms with Gasteiger partial charge in [0.2, 0.25) is 0 Å². The van der Waals surface area contributed by atoms with E-state index in [1.165, 1.54) is 11.8 Å². The summed E-state index contributed by atoms with van der Waals surface area (Å²) in [5.41, 5.74) is 11.3. The van der Waals surface area contributed by atoms with Gasteiger partial charge in [0.1, 0.15) is 5.84 Å². The second-order valence-electron chi connectivity index (χ2n) is 10.5. The third kappa shape index (κ3) is 5.23. The second-order valence-corrected chi connectivity index (χ2v) is 11.5. The van der Waals surface area contributed by atoms with Crippen molar-refractivity contribution >= 4 is 46.7 Å². The summed E-state index contributed by atoms with van der Waals surface area (Å²) in [7, 11) is 0. The Hall–Kier alpha value is -4.91. The van der Waals surface area contributed by atoms with E-state index >= 15 is 0 Å². The molecule has 2 aliphatic rings. The van der Waals surface area contributed by atoms with E-state index in [1.807, 2.05) is 48.5 Å². The highest BCUT2D eigenvalue weighted by Gasteiger charge is 2.36. The van der Waals surface area contributed by atoms with Gasteiger partial charge in [0, 0.05) is 23.2 Å². The van der Waals surface area contributed by atoms with Crippen molar-refractivity contribution in [1.82, 2.24) is 10.6 Å². The Morgan fingerprint density at radius 2 is 1.11 bits per heavy atom. The zero-order chi connectivity index (χ0) is 29.3. The molecule has 0 fully saturated rings. The number of thioether (sulfide) groups is 1. The van der Waals surface area contributed by atoms with Crippen LogP contribution in [-0.4, -0.2) is 16.8 Å². The summed E-state index contributed by atoms with van der Waals surface area (Å²) in [6, 6.07) is 41.4. The van der Waals surface area contributed by atoms with Crippen LogP contribution in [0, 0.1) is 17.7 Å². The summed E-state index contributed by atoms with van der Waals surface area (Å²) in [4.78, 5) is 5.28. The van der Waals surface area contributed by atoms with Crippen molar-refractivity contribution in [2.45, 2.75) is 13.5 Å². The van der Waals surface area contributed by atoms with Crippen LogP contribution in [0.5, 0.6) is 0 Å². The molecule has 0 saturated heterocycles. The largest absolute Gasteiger partial charge is 0.360 e. The molecule has 5 aromatic carbocycles. The fourth-order valence-electron chi connectivity index (χ4n) is 5.95. The van der Waals surface area contributed by atoms with Crippen LogP contribution in [0.2, 0.25) is 0 Å². The van der Waals surface area contributed by atoms with Crippen LogP contribution in [0.4, 0.5) is 0 Å². The molecule has 0 bridgehead atoms. The lowest BCUT2D eigenvalue weighted by Crippen LogP contribution is -2.18. The molecule has 4 N–H and O–H groups in total. The summed E-state index contributed by atoms with van der Waals surface area (Å²) < 4.78 is 0. The number of halogens is 1. The average molecular weight is 612 g/mol.